The Morgan fingerprint density at radius 3 is 2.84 bits per heavy atom. The molecule has 2 amide bonds. The van der Waals surface area contributed by atoms with Gasteiger partial charge >= 0.3 is 0 Å². The van der Waals surface area contributed by atoms with Gasteiger partial charge in [0.1, 0.15) is 11.3 Å². The first-order valence-electron chi connectivity index (χ1n) is 11.5. The van der Waals surface area contributed by atoms with Gasteiger partial charge in [0.2, 0.25) is 5.91 Å². The molecule has 1 unspecified atom stereocenters. The minimum Gasteiger partial charge on any atom is -0.365 e. The van der Waals surface area contributed by atoms with Crippen LogP contribution in [0.5, 0.6) is 0 Å². The molecule has 2 aliphatic heterocycles. The van der Waals surface area contributed by atoms with E-state index in [9.17, 15) is 9.59 Å². The molecular weight excluding hydrogens is 410 g/mol. The normalized spacial score (nSPS) is 20.6. The first kappa shape index (κ1) is 22.4. The number of ether oxygens (including phenoxy) is 1. The third-order valence-corrected chi connectivity index (χ3v) is 6.38. The van der Waals surface area contributed by atoms with Gasteiger partial charge in [-0.1, -0.05) is 19.1 Å². The van der Waals surface area contributed by atoms with Crippen molar-refractivity contribution in [3.05, 3.63) is 28.8 Å². The summed E-state index contributed by atoms with van der Waals surface area (Å²) in [6.07, 6.45) is 3.89. The average molecular weight is 444 g/mol. The SMILES string of the molecule is CCn1ncc(C(=O)N2CCCC3(C2)Cn2nnc(CNC(=O)CC(C)C)c2CO3)c1C. The summed E-state index contributed by atoms with van der Waals surface area (Å²) in [6, 6.07) is 0. The number of carbonyl (C=O) groups excluding carboxylic acids is 2. The number of aryl methyl sites for hydroxylation is 1. The first-order valence-corrected chi connectivity index (χ1v) is 11.5. The highest BCUT2D eigenvalue weighted by molar-refractivity contribution is 5.95. The molecule has 2 aromatic heterocycles. The molecule has 1 fully saturated rings. The van der Waals surface area contributed by atoms with Crippen LogP contribution >= 0.6 is 0 Å². The summed E-state index contributed by atoms with van der Waals surface area (Å²) in [4.78, 5) is 27.1. The highest BCUT2D eigenvalue weighted by Crippen LogP contribution is 2.33. The highest BCUT2D eigenvalue weighted by Gasteiger charge is 2.43. The second kappa shape index (κ2) is 9.01. The molecule has 0 aromatic carbocycles. The molecule has 1 saturated heterocycles. The molecule has 32 heavy (non-hydrogen) atoms. The lowest BCUT2D eigenvalue weighted by Crippen LogP contribution is -2.55. The molecule has 10 heteroatoms. The molecule has 1 atom stereocenters. The van der Waals surface area contributed by atoms with Crippen LogP contribution in [-0.4, -0.2) is 60.2 Å². The number of nitrogens with one attached hydrogen (secondary N) is 1. The Hall–Kier alpha value is -2.75. The van der Waals surface area contributed by atoms with Gasteiger partial charge in [0.25, 0.3) is 5.91 Å². The zero-order valence-electron chi connectivity index (χ0n) is 19.4. The second-order valence-electron chi connectivity index (χ2n) is 9.28. The molecule has 2 aliphatic rings. The van der Waals surface area contributed by atoms with Crippen LogP contribution in [0, 0.1) is 12.8 Å². The molecule has 174 valence electrons. The summed E-state index contributed by atoms with van der Waals surface area (Å²) in [7, 11) is 0. The Bertz CT molecular complexity index is 996. The Morgan fingerprint density at radius 2 is 2.12 bits per heavy atom. The molecule has 0 aliphatic carbocycles. The van der Waals surface area contributed by atoms with Gasteiger partial charge in [-0.2, -0.15) is 5.10 Å². The van der Waals surface area contributed by atoms with E-state index in [1.54, 1.807) is 6.20 Å². The van der Waals surface area contributed by atoms with Crippen LogP contribution in [0.3, 0.4) is 0 Å². The number of amides is 2. The zero-order chi connectivity index (χ0) is 22.9. The van der Waals surface area contributed by atoms with Crippen molar-refractivity contribution in [2.45, 2.75) is 78.8 Å². The highest BCUT2D eigenvalue weighted by atomic mass is 16.5. The molecule has 4 heterocycles. The van der Waals surface area contributed by atoms with Gasteiger partial charge in [0.15, 0.2) is 0 Å². The molecule has 1 N–H and O–H groups in total. The maximum absolute atomic E-state index is 13.2. The molecule has 10 nitrogen and oxygen atoms in total. The third kappa shape index (κ3) is 4.41. The van der Waals surface area contributed by atoms with Crippen molar-refractivity contribution in [1.29, 1.82) is 0 Å². The Kier molecular flexibility index (Phi) is 6.32. The number of nitrogens with zero attached hydrogens (tertiary/aromatic N) is 6. The van der Waals surface area contributed by atoms with E-state index in [0.29, 0.717) is 50.7 Å². The van der Waals surface area contributed by atoms with Crippen LogP contribution in [0.15, 0.2) is 6.20 Å². The number of rotatable bonds is 6. The van der Waals surface area contributed by atoms with Crippen molar-refractivity contribution in [2.24, 2.45) is 5.92 Å². The fourth-order valence-electron chi connectivity index (χ4n) is 4.62. The van der Waals surface area contributed by atoms with Crippen LogP contribution in [0.1, 0.15) is 67.5 Å². The predicted molar refractivity (Wildman–Crippen MR) is 117 cm³/mol. The van der Waals surface area contributed by atoms with Gasteiger partial charge in [0.05, 0.1) is 43.7 Å². The first-order chi connectivity index (χ1) is 15.3. The Balaban J connectivity index is 1.43. The number of hydrogen-bond acceptors (Lipinski definition) is 6. The molecule has 4 rings (SSSR count). The number of fused-ring (bicyclic) bond motifs is 1. The number of aromatic nitrogens is 5. The summed E-state index contributed by atoms with van der Waals surface area (Å²) in [5.41, 5.74) is 2.71. The second-order valence-corrected chi connectivity index (χ2v) is 9.28. The van der Waals surface area contributed by atoms with Gasteiger partial charge in [-0.15, -0.1) is 5.10 Å². The maximum Gasteiger partial charge on any atom is 0.257 e. The number of hydrogen-bond donors (Lipinski definition) is 1. The van der Waals surface area contributed by atoms with E-state index in [0.717, 1.165) is 36.5 Å². The molecule has 2 aromatic rings. The number of piperidine rings is 1. The van der Waals surface area contributed by atoms with Gasteiger partial charge in [-0.3, -0.25) is 14.3 Å². The van der Waals surface area contributed by atoms with Crippen LogP contribution in [0.2, 0.25) is 0 Å². The largest absolute Gasteiger partial charge is 0.365 e. The summed E-state index contributed by atoms with van der Waals surface area (Å²) < 4.78 is 10.1. The van der Waals surface area contributed by atoms with Crippen molar-refractivity contribution in [2.75, 3.05) is 13.1 Å². The standard InChI is InChI=1S/C22H33N7O3/c1-5-28-16(4)17(10-24-28)21(31)27-8-6-7-22(13-27)14-29-19(12-32-22)18(25-26-29)11-23-20(30)9-15(2)3/h10,15H,5-9,11-14H2,1-4H3,(H,23,30). The Morgan fingerprint density at radius 1 is 1.31 bits per heavy atom. The maximum atomic E-state index is 13.2. The fourth-order valence-corrected chi connectivity index (χ4v) is 4.62. The Labute approximate surface area is 188 Å². The minimum absolute atomic E-state index is 0.00261. The topological polar surface area (TPSA) is 107 Å². The van der Waals surface area contributed by atoms with Crippen molar-refractivity contribution in [3.63, 3.8) is 0 Å². The van der Waals surface area contributed by atoms with Crippen molar-refractivity contribution in [1.82, 2.24) is 35.0 Å². The van der Waals surface area contributed by atoms with Gasteiger partial charge < -0.3 is 15.0 Å². The smallest absolute Gasteiger partial charge is 0.257 e. The van der Waals surface area contributed by atoms with E-state index in [1.165, 1.54) is 0 Å². The van der Waals surface area contributed by atoms with Crippen LogP contribution in [0.25, 0.3) is 0 Å². The van der Waals surface area contributed by atoms with Gasteiger partial charge in [-0.25, -0.2) is 4.68 Å². The lowest BCUT2D eigenvalue weighted by atomic mass is 9.90. The predicted octanol–water partition coefficient (Wildman–Crippen LogP) is 1.67. The summed E-state index contributed by atoms with van der Waals surface area (Å²) >= 11 is 0. The quantitative estimate of drug-likeness (QED) is 0.728. The van der Waals surface area contributed by atoms with Crippen molar-refractivity contribution in [3.8, 4) is 0 Å². The minimum atomic E-state index is -0.471. The van der Waals surface area contributed by atoms with E-state index in [4.69, 9.17) is 4.74 Å². The van der Waals surface area contributed by atoms with Crippen LogP contribution in [-0.2, 0) is 35.8 Å². The van der Waals surface area contributed by atoms with Gasteiger partial charge in [0, 0.05) is 25.2 Å². The average Bonchev–Trinajstić information content (AvgIpc) is 3.33. The van der Waals surface area contributed by atoms with E-state index in [-0.39, 0.29) is 11.8 Å². The van der Waals surface area contributed by atoms with E-state index in [2.05, 4.69) is 20.7 Å². The zero-order valence-corrected chi connectivity index (χ0v) is 19.4. The third-order valence-electron chi connectivity index (χ3n) is 6.38. The molecule has 1 spiro atoms. The number of likely N-dealkylation sites (tertiary alicyclic amines) is 1. The molecular formula is C22H33N7O3. The van der Waals surface area contributed by atoms with Gasteiger partial charge in [-0.05, 0) is 32.6 Å². The number of carbonyl (C=O) groups is 2. The summed E-state index contributed by atoms with van der Waals surface area (Å²) in [5, 5.41) is 15.8. The fraction of sp³-hybridized carbons (Fsp3) is 0.682. The van der Waals surface area contributed by atoms with Crippen molar-refractivity contribution >= 4 is 11.8 Å². The van der Waals surface area contributed by atoms with E-state index >= 15 is 0 Å². The molecule has 0 saturated carbocycles. The lowest BCUT2D eigenvalue weighted by molar-refractivity contribution is -0.123. The van der Waals surface area contributed by atoms with E-state index in [1.807, 2.05) is 42.0 Å². The molecule has 0 radical (unpaired) electrons. The molecule has 0 bridgehead atoms. The van der Waals surface area contributed by atoms with Crippen molar-refractivity contribution < 1.29 is 14.3 Å². The van der Waals surface area contributed by atoms with Crippen LogP contribution in [0.4, 0.5) is 0 Å². The monoisotopic (exact) mass is 443 g/mol. The van der Waals surface area contributed by atoms with Crippen LogP contribution < -0.4 is 5.32 Å². The summed E-state index contributed by atoms with van der Waals surface area (Å²) in [6.45, 7) is 11.2. The lowest BCUT2D eigenvalue weighted by Gasteiger charge is -2.44. The summed E-state index contributed by atoms with van der Waals surface area (Å²) in [5.74, 6) is 0.324. The van der Waals surface area contributed by atoms with E-state index < -0.39 is 5.60 Å².